The first kappa shape index (κ1) is 16.4. The van der Waals surface area contributed by atoms with Crippen LogP contribution in [0.3, 0.4) is 0 Å². The number of nitrogens with one attached hydrogen (secondary N) is 1. The molecule has 8 heteroatoms. The number of rotatable bonds is 4. The Morgan fingerprint density at radius 3 is 2.46 bits per heavy atom. The molecule has 1 N–H and O–H groups in total. The molecule has 0 aliphatic rings. The molecule has 0 radical (unpaired) electrons. The van der Waals surface area contributed by atoms with E-state index in [9.17, 15) is 9.18 Å². The Labute approximate surface area is 147 Å². The van der Waals surface area contributed by atoms with Gasteiger partial charge in [0, 0.05) is 21.2 Å². The van der Waals surface area contributed by atoms with Gasteiger partial charge in [-0.25, -0.2) is 14.1 Å². The van der Waals surface area contributed by atoms with Crippen LogP contribution in [0.15, 0.2) is 48.8 Å². The van der Waals surface area contributed by atoms with Crippen molar-refractivity contribution in [3.05, 3.63) is 75.8 Å². The number of nitrogens with zero attached hydrogens (tertiary/aromatic N) is 3. The third-order valence-electron chi connectivity index (χ3n) is 3.25. The van der Waals surface area contributed by atoms with Crippen molar-refractivity contribution < 1.29 is 9.18 Å². The average Bonchev–Trinajstić information content (AvgIpc) is 2.99. The smallest absolute Gasteiger partial charge is 0.258 e. The van der Waals surface area contributed by atoms with Crippen molar-refractivity contribution in [2.75, 3.05) is 5.32 Å². The van der Waals surface area contributed by atoms with Crippen molar-refractivity contribution in [2.24, 2.45) is 0 Å². The zero-order chi connectivity index (χ0) is 17.1. The Kier molecular flexibility index (Phi) is 4.78. The maximum absolute atomic E-state index is 12.9. The van der Waals surface area contributed by atoms with Crippen LogP contribution in [-0.2, 0) is 6.54 Å². The highest BCUT2D eigenvalue weighted by atomic mass is 35.5. The molecule has 0 unspecified atom stereocenters. The molecule has 3 aromatic rings. The minimum atomic E-state index is -0.427. The zero-order valence-corrected chi connectivity index (χ0v) is 13.7. The lowest BCUT2D eigenvalue weighted by molar-refractivity contribution is 0.102. The van der Waals surface area contributed by atoms with Crippen molar-refractivity contribution in [2.45, 2.75) is 6.54 Å². The first-order chi connectivity index (χ1) is 11.5. The van der Waals surface area contributed by atoms with Crippen molar-refractivity contribution in [3.8, 4) is 0 Å². The molecule has 1 amide bonds. The van der Waals surface area contributed by atoms with Gasteiger partial charge in [0.15, 0.2) is 0 Å². The van der Waals surface area contributed by atoms with Crippen LogP contribution >= 0.6 is 23.2 Å². The first-order valence-corrected chi connectivity index (χ1v) is 7.68. The number of halogens is 3. The summed E-state index contributed by atoms with van der Waals surface area (Å²) >= 11 is 12.2. The van der Waals surface area contributed by atoms with Crippen molar-refractivity contribution >= 4 is 35.1 Å². The summed E-state index contributed by atoms with van der Waals surface area (Å²) in [6, 6.07) is 10.4. The van der Waals surface area contributed by atoms with Crippen LogP contribution in [0.4, 0.5) is 10.3 Å². The van der Waals surface area contributed by atoms with Crippen molar-refractivity contribution in [1.29, 1.82) is 0 Å². The fourth-order valence-electron chi connectivity index (χ4n) is 2.05. The third-order valence-corrected chi connectivity index (χ3v) is 3.96. The Hall–Kier alpha value is -2.44. The fourth-order valence-corrected chi connectivity index (χ4v) is 2.57. The van der Waals surface area contributed by atoms with Crippen LogP contribution in [0.2, 0.25) is 10.0 Å². The molecule has 1 heterocycles. The van der Waals surface area contributed by atoms with Crippen LogP contribution in [0.1, 0.15) is 15.9 Å². The fraction of sp³-hybridized carbons (Fsp3) is 0.0625. The predicted octanol–water partition coefficient (Wildman–Crippen LogP) is 4.02. The molecule has 0 spiro atoms. The second kappa shape index (κ2) is 6.98. The molecule has 3 rings (SSSR count). The van der Waals surface area contributed by atoms with E-state index in [4.69, 9.17) is 23.2 Å². The zero-order valence-electron chi connectivity index (χ0n) is 12.2. The summed E-state index contributed by atoms with van der Waals surface area (Å²) in [4.78, 5) is 16.1. The molecule has 0 atom stereocenters. The van der Waals surface area contributed by atoms with Gasteiger partial charge in [0.05, 0.1) is 6.54 Å². The first-order valence-electron chi connectivity index (χ1n) is 6.92. The van der Waals surface area contributed by atoms with E-state index in [1.807, 2.05) is 0 Å². The largest absolute Gasteiger partial charge is 0.289 e. The third kappa shape index (κ3) is 3.72. The molecule has 0 aliphatic carbocycles. The van der Waals surface area contributed by atoms with E-state index in [0.29, 0.717) is 27.7 Å². The molecule has 0 saturated heterocycles. The standard InChI is InChI=1S/C16H11Cl2FN4O/c17-13-2-1-3-14(18)12(13)8-23-9-20-16(22-23)21-15(24)10-4-6-11(19)7-5-10/h1-7,9H,8H2,(H,21,22,24). The molecule has 24 heavy (non-hydrogen) atoms. The van der Waals surface area contributed by atoms with Crippen LogP contribution in [0.5, 0.6) is 0 Å². The van der Waals surface area contributed by atoms with Crippen LogP contribution in [0, 0.1) is 5.82 Å². The monoisotopic (exact) mass is 364 g/mol. The van der Waals surface area contributed by atoms with Gasteiger partial charge in [0.25, 0.3) is 5.91 Å². The van der Waals surface area contributed by atoms with Crippen LogP contribution in [-0.4, -0.2) is 20.7 Å². The molecule has 5 nitrogen and oxygen atoms in total. The second-order valence-electron chi connectivity index (χ2n) is 4.93. The SMILES string of the molecule is O=C(Nc1ncn(Cc2c(Cl)cccc2Cl)n1)c1ccc(F)cc1. The Morgan fingerprint density at radius 2 is 1.79 bits per heavy atom. The number of hydrogen-bond acceptors (Lipinski definition) is 3. The van der Waals surface area contributed by atoms with E-state index < -0.39 is 11.7 Å². The van der Waals surface area contributed by atoms with Gasteiger partial charge in [-0.2, -0.15) is 0 Å². The number of anilines is 1. The lowest BCUT2D eigenvalue weighted by Gasteiger charge is -2.06. The van der Waals surface area contributed by atoms with Gasteiger partial charge in [0.1, 0.15) is 12.1 Å². The summed E-state index contributed by atoms with van der Waals surface area (Å²) in [6.07, 6.45) is 1.46. The van der Waals surface area contributed by atoms with E-state index in [2.05, 4.69) is 15.4 Å². The molecule has 122 valence electrons. The molecular formula is C16H11Cl2FN4O. The lowest BCUT2D eigenvalue weighted by atomic mass is 10.2. The van der Waals surface area contributed by atoms with Gasteiger partial charge < -0.3 is 0 Å². The van der Waals surface area contributed by atoms with E-state index in [0.717, 1.165) is 0 Å². The molecule has 1 aromatic heterocycles. The normalized spacial score (nSPS) is 10.6. The van der Waals surface area contributed by atoms with Gasteiger partial charge in [-0.3, -0.25) is 10.1 Å². The van der Waals surface area contributed by atoms with E-state index in [1.54, 1.807) is 18.2 Å². The topological polar surface area (TPSA) is 59.8 Å². The second-order valence-corrected chi connectivity index (χ2v) is 5.74. The Bertz CT molecular complexity index is 860. The van der Waals surface area contributed by atoms with E-state index in [-0.39, 0.29) is 5.95 Å². The van der Waals surface area contributed by atoms with Gasteiger partial charge in [0.2, 0.25) is 5.95 Å². The van der Waals surface area contributed by atoms with Gasteiger partial charge in [-0.15, -0.1) is 5.10 Å². The number of hydrogen-bond donors (Lipinski definition) is 1. The molecule has 0 saturated carbocycles. The summed E-state index contributed by atoms with van der Waals surface area (Å²) in [6.45, 7) is 0.317. The van der Waals surface area contributed by atoms with Crippen molar-refractivity contribution in [1.82, 2.24) is 14.8 Å². The van der Waals surface area contributed by atoms with Crippen LogP contribution in [0.25, 0.3) is 0 Å². The highest BCUT2D eigenvalue weighted by Crippen LogP contribution is 2.24. The molecule has 2 aromatic carbocycles. The Balaban J connectivity index is 1.71. The summed E-state index contributed by atoms with van der Waals surface area (Å²) in [5.41, 5.74) is 1.02. The summed E-state index contributed by atoms with van der Waals surface area (Å²) in [5, 5.41) is 7.74. The summed E-state index contributed by atoms with van der Waals surface area (Å²) in [7, 11) is 0. The number of aromatic nitrogens is 3. The highest BCUT2D eigenvalue weighted by Gasteiger charge is 2.11. The van der Waals surface area contributed by atoms with E-state index in [1.165, 1.54) is 35.3 Å². The number of carbonyl (C=O) groups excluding carboxylic acids is 1. The maximum Gasteiger partial charge on any atom is 0.258 e. The molecular weight excluding hydrogens is 354 g/mol. The average molecular weight is 365 g/mol. The van der Waals surface area contributed by atoms with Gasteiger partial charge >= 0.3 is 0 Å². The lowest BCUT2D eigenvalue weighted by Crippen LogP contribution is -2.13. The number of carbonyl (C=O) groups is 1. The van der Waals surface area contributed by atoms with Gasteiger partial charge in [-0.05, 0) is 36.4 Å². The molecule has 0 aliphatic heterocycles. The van der Waals surface area contributed by atoms with Crippen LogP contribution < -0.4 is 5.32 Å². The maximum atomic E-state index is 12.9. The quantitative estimate of drug-likeness (QED) is 0.760. The number of benzene rings is 2. The summed E-state index contributed by atoms with van der Waals surface area (Å²) < 4.78 is 14.4. The Morgan fingerprint density at radius 1 is 1.12 bits per heavy atom. The van der Waals surface area contributed by atoms with E-state index >= 15 is 0 Å². The number of amides is 1. The highest BCUT2D eigenvalue weighted by molar-refractivity contribution is 6.35. The molecule has 0 bridgehead atoms. The van der Waals surface area contributed by atoms with Crippen molar-refractivity contribution in [3.63, 3.8) is 0 Å². The predicted molar refractivity (Wildman–Crippen MR) is 89.9 cm³/mol. The minimum absolute atomic E-state index is 0.132. The molecule has 0 fully saturated rings. The summed E-state index contributed by atoms with van der Waals surface area (Å²) in [5.74, 6) is -0.707. The minimum Gasteiger partial charge on any atom is -0.289 e. The van der Waals surface area contributed by atoms with Gasteiger partial charge in [-0.1, -0.05) is 29.3 Å².